The minimum absolute atomic E-state index is 0.446. The molecule has 1 aliphatic carbocycles. The van der Waals surface area contributed by atoms with Crippen molar-refractivity contribution in [2.75, 3.05) is 6.61 Å². The molecular weight excluding hydrogens is 284 g/mol. The Labute approximate surface area is 131 Å². The quantitative estimate of drug-likeness (QED) is 0.754. The lowest BCUT2D eigenvalue weighted by molar-refractivity contribution is 0.343. The molecule has 2 aromatic rings. The molecule has 0 bridgehead atoms. The van der Waals surface area contributed by atoms with Gasteiger partial charge in [0.05, 0.1) is 18.0 Å². The maximum absolute atomic E-state index is 6.13. The lowest BCUT2D eigenvalue weighted by atomic mass is 9.98. The van der Waals surface area contributed by atoms with Crippen LogP contribution in [0.25, 0.3) is 11.0 Å². The highest BCUT2D eigenvalue weighted by Crippen LogP contribution is 2.35. The van der Waals surface area contributed by atoms with E-state index in [0.29, 0.717) is 12.5 Å². The zero-order valence-corrected chi connectivity index (χ0v) is 13.6. The first-order valence-corrected chi connectivity index (χ1v) is 8.45. The van der Waals surface area contributed by atoms with E-state index in [1.165, 1.54) is 19.3 Å². The summed E-state index contributed by atoms with van der Waals surface area (Å²) in [6.07, 6.45) is 4.00. The fourth-order valence-electron chi connectivity index (χ4n) is 3.48. The van der Waals surface area contributed by atoms with Crippen molar-refractivity contribution in [1.82, 2.24) is 9.55 Å². The van der Waals surface area contributed by atoms with Crippen molar-refractivity contribution in [3.8, 4) is 5.75 Å². The summed E-state index contributed by atoms with van der Waals surface area (Å²) in [5.74, 6) is 3.79. The second-order valence-corrected chi connectivity index (χ2v) is 6.26. The van der Waals surface area contributed by atoms with Gasteiger partial charge in [0, 0.05) is 6.54 Å². The highest BCUT2D eigenvalue weighted by molar-refractivity contribution is 6.16. The number of aromatic nitrogens is 2. The SMILES string of the molecule is CCOc1cccc2c1nc(CCl)n2CC1CCCC1C. The number of imidazole rings is 1. The number of nitrogens with zero attached hydrogens (tertiary/aromatic N) is 2. The van der Waals surface area contributed by atoms with Crippen molar-refractivity contribution in [2.45, 2.75) is 45.5 Å². The Balaban J connectivity index is 2.01. The molecule has 1 aromatic carbocycles. The summed E-state index contributed by atoms with van der Waals surface area (Å²) in [4.78, 5) is 4.72. The number of benzene rings is 1. The average molecular weight is 307 g/mol. The molecule has 2 atom stereocenters. The summed E-state index contributed by atoms with van der Waals surface area (Å²) in [5, 5.41) is 0. The normalized spacial score (nSPS) is 22.0. The molecule has 1 saturated carbocycles. The van der Waals surface area contributed by atoms with Crippen molar-refractivity contribution in [3.05, 3.63) is 24.0 Å². The zero-order valence-electron chi connectivity index (χ0n) is 12.8. The van der Waals surface area contributed by atoms with Crippen LogP contribution in [0.4, 0.5) is 0 Å². The molecule has 114 valence electrons. The predicted molar refractivity (Wildman–Crippen MR) is 87.0 cm³/mol. The van der Waals surface area contributed by atoms with Gasteiger partial charge in [-0.3, -0.25) is 0 Å². The highest BCUT2D eigenvalue weighted by atomic mass is 35.5. The van der Waals surface area contributed by atoms with Gasteiger partial charge >= 0.3 is 0 Å². The number of para-hydroxylation sites is 1. The highest BCUT2D eigenvalue weighted by Gasteiger charge is 2.25. The molecule has 3 rings (SSSR count). The first-order chi connectivity index (χ1) is 10.2. The Kier molecular flexibility index (Phi) is 4.39. The standard InChI is InChI=1S/C17H23ClN2O/c1-3-21-15-9-5-8-14-17(15)19-16(10-18)20(14)11-13-7-4-6-12(13)2/h5,8-9,12-13H,3-4,6-7,10-11H2,1-2H3. The van der Waals surface area contributed by atoms with Crippen LogP contribution in [0.5, 0.6) is 5.75 Å². The predicted octanol–water partition coefficient (Wildman–Crippen LogP) is 4.61. The van der Waals surface area contributed by atoms with Gasteiger partial charge in [0.2, 0.25) is 0 Å². The van der Waals surface area contributed by atoms with Crippen LogP contribution in [0.1, 0.15) is 38.9 Å². The smallest absolute Gasteiger partial charge is 0.147 e. The van der Waals surface area contributed by atoms with Gasteiger partial charge in [-0.1, -0.05) is 25.8 Å². The number of alkyl halides is 1. The van der Waals surface area contributed by atoms with Crippen LogP contribution in [0.3, 0.4) is 0 Å². The van der Waals surface area contributed by atoms with Crippen LogP contribution >= 0.6 is 11.6 Å². The number of ether oxygens (including phenoxy) is 1. The Morgan fingerprint density at radius 2 is 2.24 bits per heavy atom. The van der Waals surface area contributed by atoms with Crippen molar-refractivity contribution in [2.24, 2.45) is 11.8 Å². The van der Waals surface area contributed by atoms with Gasteiger partial charge in [-0.25, -0.2) is 4.98 Å². The summed E-state index contributed by atoms with van der Waals surface area (Å²) >= 11 is 6.13. The number of rotatable bonds is 5. The summed E-state index contributed by atoms with van der Waals surface area (Å²) in [5.41, 5.74) is 2.09. The first-order valence-electron chi connectivity index (χ1n) is 7.91. The van der Waals surface area contributed by atoms with E-state index in [-0.39, 0.29) is 0 Å². The molecule has 1 aliphatic rings. The van der Waals surface area contributed by atoms with E-state index in [9.17, 15) is 0 Å². The number of halogens is 1. The summed E-state index contributed by atoms with van der Waals surface area (Å²) in [6.45, 7) is 6.04. The van der Waals surface area contributed by atoms with E-state index in [2.05, 4.69) is 17.6 Å². The lowest BCUT2D eigenvalue weighted by Crippen LogP contribution is -2.14. The molecule has 0 amide bonds. The van der Waals surface area contributed by atoms with Crippen LogP contribution < -0.4 is 4.74 Å². The van der Waals surface area contributed by atoms with Gasteiger partial charge in [0.25, 0.3) is 0 Å². The van der Waals surface area contributed by atoms with Crippen molar-refractivity contribution >= 4 is 22.6 Å². The maximum Gasteiger partial charge on any atom is 0.147 e. The van der Waals surface area contributed by atoms with Crippen molar-refractivity contribution in [3.63, 3.8) is 0 Å². The Hall–Kier alpha value is -1.22. The largest absolute Gasteiger partial charge is 0.492 e. The fourth-order valence-corrected chi connectivity index (χ4v) is 3.68. The monoisotopic (exact) mass is 306 g/mol. The molecule has 3 nitrogen and oxygen atoms in total. The molecule has 21 heavy (non-hydrogen) atoms. The summed E-state index contributed by atoms with van der Waals surface area (Å²) < 4.78 is 8.01. The zero-order chi connectivity index (χ0) is 14.8. The Morgan fingerprint density at radius 3 is 2.90 bits per heavy atom. The van der Waals surface area contributed by atoms with Gasteiger partial charge in [-0.15, -0.1) is 11.6 Å². The average Bonchev–Trinajstić information content (AvgIpc) is 3.05. The topological polar surface area (TPSA) is 27.1 Å². The van der Waals surface area contributed by atoms with Crippen molar-refractivity contribution in [1.29, 1.82) is 0 Å². The first kappa shape index (κ1) is 14.7. The molecule has 1 aromatic heterocycles. The molecule has 2 unspecified atom stereocenters. The van der Waals surface area contributed by atoms with Crippen LogP contribution in [0.2, 0.25) is 0 Å². The van der Waals surface area contributed by atoms with Gasteiger partial charge in [0.1, 0.15) is 17.1 Å². The van der Waals surface area contributed by atoms with Gasteiger partial charge < -0.3 is 9.30 Å². The second-order valence-electron chi connectivity index (χ2n) is 6.00. The van der Waals surface area contributed by atoms with E-state index in [1.54, 1.807) is 0 Å². The second kappa shape index (κ2) is 6.27. The molecular formula is C17H23ClN2O. The number of hydrogen-bond donors (Lipinski definition) is 0. The van der Waals surface area contributed by atoms with Gasteiger partial charge in [-0.05, 0) is 37.3 Å². The van der Waals surface area contributed by atoms with E-state index >= 15 is 0 Å². The van der Waals surface area contributed by atoms with Crippen LogP contribution in [-0.4, -0.2) is 16.2 Å². The van der Waals surface area contributed by atoms with Crippen LogP contribution in [0, 0.1) is 11.8 Å². The Morgan fingerprint density at radius 1 is 1.38 bits per heavy atom. The lowest BCUT2D eigenvalue weighted by Gasteiger charge is -2.18. The van der Waals surface area contributed by atoms with Gasteiger partial charge in [0.15, 0.2) is 0 Å². The summed E-state index contributed by atoms with van der Waals surface area (Å²) in [6, 6.07) is 6.15. The Bertz CT molecular complexity index is 623. The summed E-state index contributed by atoms with van der Waals surface area (Å²) in [7, 11) is 0. The minimum Gasteiger partial charge on any atom is -0.492 e. The van der Waals surface area contributed by atoms with Crippen LogP contribution in [-0.2, 0) is 12.4 Å². The molecule has 0 aliphatic heterocycles. The minimum atomic E-state index is 0.446. The molecule has 0 radical (unpaired) electrons. The van der Waals surface area contributed by atoms with Gasteiger partial charge in [-0.2, -0.15) is 0 Å². The van der Waals surface area contributed by atoms with E-state index in [1.807, 2.05) is 19.1 Å². The van der Waals surface area contributed by atoms with E-state index < -0.39 is 0 Å². The number of hydrogen-bond acceptors (Lipinski definition) is 2. The number of fused-ring (bicyclic) bond motifs is 1. The molecule has 4 heteroatoms. The van der Waals surface area contributed by atoms with Crippen molar-refractivity contribution < 1.29 is 4.74 Å². The third-order valence-corrected chi connectivity index (χ3v) is 4.94. The molecule has 1 heterocycles. The van der Waals surface area contributed by atoms with E-state index in [4.69, 9.17) is 21.3 Å². The van der Waals surface area contributed by atoms with E-state index in [0.717, 1.165) is 41.0 Å². The molecule has 0 N–H and O–H groups in total. The molecule has 1 fully saturated rings. The molecule has 0 saturated heterocycles. The maximum atomic E-state index is 6.13. The third kappa shape index (κ3) is 2.76. The van der Waals surface area contributed by atoms with Crippen LogP contribution in [0.15, 0.2) is 18.2 Å². The molecule has 0 spiro atoms. The fraction of sp³-hybridized carbons (Fsp3) is 0.588. The third-order valence-electron chi connectivity index (χ3n) is 4.70.